The molecule has 2 nitrogen and oxygen atoms in total. The van der Waals surface area contributed by atoms with Crippen molar-refractivity contribution in [2.24, 2.45) is 5.16 Å². The summed E-state index contributed by atoms with van der Waals surface area (Å²) in [6, 6.07) is 0. The molecule has 62 valence electrons. The first-order valence-electron chi connectivity index (χ1n) is 3.71. The van der Waals surface area contributed by atoms with E-state index in [9.17, 15) is 0 Å². The largest absolute Gasteiger partial charge is 0.399 e. The number of hydrogen-bond donors (Lipinski definition) is 0. The predicted molar refractivity (Wildman–Crippen MR) is 55.0 cm³/mol. The summed E-state index contributed by atoms with van der Waals surface area (Å²) in [6.45, 7) is 2.16. The Morgan fingerprint density at radius 2 is 2.18 bits per heavy atom. The molecule has 0 saturated carbocycles. The van der Waals surface area contributed by atoms with Gasteiger partial charge in [-0.2, -0.15) is 0 Å². The Hall–Kier alpha value is -0.0600. The van der Waals surface area contributed by atoms with Crippen LogP contribution in [0.15, 0.2) is 14.3 Å². The minimum atomic E-state index is 1.06. The third kappa shape index (κ3) is 2.18. The molecule has 0 N–H and O–H groups in total. The Labute approximate surface area is 80.8 Å². The molecule has 0 saturated heterocycles. The van der Waals surface area contributed by atoms with Crippen molar-refractivity contribution < 1.29 is 4.84 Å². The number of nitrogens with zero attached hydrogens (tertiary/aromatic N) is 1. The first kappa shape index (κ1) is 9.03. The van der Waals surface area contributed by atoms with E-state index in [4.69, 9.17) is 4.84 Å². The van der Waals surface area contributed by atoms with Gasteiger partial charge in [0.05, 0.1) is 5.71 Å². The summed E-state index contributed by atoms with van der Waals surface area (Å²) in [6.07, 6.45) is 3.48. The molecule has 0 heterocycles. The minimum Gasteiger partial charge on any atom is -0.399 e. The highest BCUT2D eigenvalue weighted by Gasteiger charge is 2.13. The summed E-state index contributed by atoms with van der Waals surface area (Å²) in [4.78, 5) is 4.75. The molecule has 0 amide bonds. The van der Waals surface area contributed by atoms with Gasteiger partial charge in [-0.3, -0.25) is 0 Å². The molecule has 0 spiro atoms. The van der Waals surface area contributed by atoms with Crippen LogP contribution in [-0.4, -0.2) is 12.8 Å². The van der Waals surface area contributed by atoms with Gasteiger partial charge >= 0.3 is 0 Å². The Bertz CT molecular complexity index is 208. The molecule has 0 atom stereocenters. The molecule has 0 aromatic carbocycles. The van der Waals surface area contributed by atoms with Gasteiger partial charge in [-0.1, -0.05) is 10.7 Å². The fourth-order valence-corrected chi connectivity index (χ4v) is 1.82. The zero-order chi connectivity index (χ0) is 8.27. The van der Waals surface area contributed by atoms with Crippen molar-refractivity contribution in [1.82, 2.24) is 0 Å². The second-order valence-corrected chi connectivity index (χ2v) is 3.75. The third-order valence-corrected chi connectivity index (χ3v) is 3.34. The molecule has 11 heavy (non-hydrogen) atoms. The molecule has 1 aliphatic carbocycles. The van der Waals surface area contributed by atoms with Crippen molar-refractivity contribution in [3.05, 3.63) is 9.15 Å². The smallest absolute Gasteiger partial charge is 0.106 e. The molecular weight excluding hydrogens is 253 g/mol. The van der Waals surface area contributed by atoms with Gasteiger partial charge in [0.15, 0.2) is 0 Å². The van der Waals surface area contributed by atoms with Crippen LogP contribution in [0.5, 0.6) is 0 Å². The number of oxime groups is 1. The lowest BCUT2D eigenvalue weighted by molar-refractivity contribution is 0.212. The normalized spacial score (nSPS) is 22.6. The minimum absolute atomic E-state index is 1.06. The molecule has 0 bridgehead atoms. The van der Waals surface area contributed by atoms with Crippen molar-refractivity contribution in [2.45, 2.75) is 26.2 Å². The highest BCUT2D eigenvalue weighted by Crippen LogP contribution is 2.26. The molecule has 0 radical (unpaired) electrons. The van der Waals surface area contributed by atoms with Gasteiger partial charge in [0, 0.05) is 3.58 Å². The van der Waals surface area contributed by atoms with Crippen molar-refractivity contribution in [3.63, 3.8) is 0 Å². The lowest BCUT2D eigenvalue weighted by atomic mass is 10.00. The van der Waals surface area contributed by atoms with Crippen LogP contribution in [0.25, 0.3) is 0 Å². The van der Waals surface area contributed by atoms with Crippen LogP contribution in [0.2, 0.25) is 0 Å². The van der Waals surface area contributed by atoms with Crippen molar-refractivity contribution >= 4 is 28.3 Å². The maximum absolute atomic E-state index is 4.75. The van der Waals surface area contributed by atoms with E-state index >= 15 is 0 Å². The number of hydrogen-bond acceptors (Lipinski definition) is 2. The number of rotatable bonds is 1. The highest BCUT2D eigenvalue weighted by molar-refractivity contribution is 14.1. The average Bonchev–Trinajstić information content (AvgIpc) is 1.99. The van der Waals surface area contributed by atoms with E-state index < -0.39 is 0 Å². The lowest BCUT2D eigenvalue weighted by Crippen LogP contribution is -2.06. The van der Waals surface area contributed by atoms with Gasteiger partial charge in [-0.25, -0.2) is 0 Å². The first-order chi connectivity index (χ1) is 5.25. The van der Waals surface area contributed by atoms with E-state index in [2.05, 4.69) is 34.7 Å². The van der Waals surface area contributed by atoms with E-state index in [1.165, 1.54) is 22.0 Å². The molecule has 0 aromatic heterocycles. The molecule has 1 aliphatic rings. The Morgan fingerprint density at radius 3 is 2.82 bits per heavy atom. The van der Waals surface area contributed by atoms with Gasteiger partial charge in [-0.15, -0.1) is 0 Å². The predicted octanol–water partition coefficient (Wildman–Crippen LogP) is 2.88. The van der Waals surface area contributed by atoms with Crippen LogP contribution in [0.1, 0.15) is 26.2 Å². The van der Waals surface area contributed by atoms with Crippen LogP contribution >= 0.6 is 22.6 Å². The van der Waals surface area contributed by atoms with Crippen LogP contribution in [0.3, 0.4) is 0 Å². The summed E-state index contributed by atoms with van der Waals surface area (Å²) in [7, 11) is 1.60. The molecule has 0 unspecified atom stereocenters. The summed E-state index contributed by atoms with van der Waals surface area (Å²) in [5.41, 5.74) is 2.55. The van der Waals surface area contributed by atoms with Crippen LogP contribution in [0, 0.1) is 0 Å². The zero-order valence-corrected chi connectivity index (χ0v) is 9.01. The van der Waals surface area contributed by atoms with E-state index in [-0.39, 0.29) is 0 Å². The SMILES string of the molecule is CO/N=C1\CCCC(C)=C1I. The van der Waals surface area contributed by atoms with Gasteiger partial charge in [-0.05, 0) is 48.8 Å². The molecule has 3 heteroatoms. The number of allylic oxidation sites excluding steroid dienone is 2. The first-order valence-corrected chi connectivity index (χ1v) is 4.79. The summed E-state index contributed by atoms with van der Waals surface area (Å²) >= 11 is 2.34. The maximum Gasteiger partial charge on any atom is 0.106 e. The van der Waals surface area contributed by atoms with E-state index in [0.717, 1.165) is 12.1 Å². The quantitative estimate of drug-likeness (QED) is 0.527. The van der Waals surface area contributed by atoms with Crippen molar-refractivity contribution in [3.8, 4) is 0 Å². The second kappa shape index (κ2) is 4.09. The average molecular weight is 265 g/mol. The number of halogens is 1. The van der Waals surface area contributed by atoms with Gasteiger partial charge < -0.3 is 4.84 Å². The van der Waals surface area contributed by atoms with Crippen LogP contribution in [-0.2, 0) is 4.84 Å². The standard InChI is InChI=1S/C8H12INO/c1-6-4-3-5-7(8(6)9)10-11-2/h3-5H2,1-2H3/b10-7+. The summed E-state index contributed by atoms with van der Waals surface area (Å²) < 4.78 is 1.29. The van der Waals surface area contributed by atoms with Gasteiger partial charge in [0.1, 0.15) is 7.11 Å². The van der Waals surface area contributed by atoms with Crippen LogP contribution in [0.4, 0.5) is 0 Å². The fourth-order valence-electron chi connectivity index (χ4n) is 1.18. The third-order valence-electron chi connectivity index (χ3n) is 1.79. The second-order valence-electron chi connectivity index (χ2n) is 2.67. The van der Waals surface area contributed by atoms with Gasteiger partial charge in [0.25, 0.3) is 0 Å². The Morgan fingerprint density at radius 1 is 1.45 bits per heavy atom. The summed E-state index contributed by atoms with van der Waals surface area (Å²) in [5, 5.41) is 3.97. The van der Waals surface area contributed by atoms with Gasteiger partial charge in [0.2, 0.25) is 0 Å². The highest BCUT2D eigenvalue weighted by atomic mass is 127. The van der Waals surface area contributed by atoms with Crippen LogP contribution < -0.4 is 0 Å². The maximum atomic E-state index is 4.75. The molecule has 0 aromatic rings. The summed E-state index contributed by atoms with van der Waals surface area (Å²) in [5.74, 6) is 0. The molecule has 0 aliphatic heterocycles. The van der Waals surface area contributed by atoms with E-state index in [1.54, 1.807) is 7.11 Å². The lowest BCUT2D eigenvalue weighted by Gasteiger charge is -2.14. The van der Waals surface area contributed by atoms with Crippen molar-refractivity contribution in [2.75, 3.05) is 7.11 Å². The van der Waals surface area contributed by atoms with E-state index in [1.807, 2.05) is 0 Å². The molecule has 1 rings (SSSR count). The van der Waals surface area contributed by atoms with E-state index in [0.29, 0.717) is 0 Å². The zero-order valence-electron chi connectivity index (χ0n) is 6.85. The molecular formula is C8H12INO. The monoisotopic (exact) mass is 265 g/mol. The Balaban J connectivity index is 2.82. The fraction of sp³-hybridized carbons (Fsp3) is 0.625. The molecule has 0 fully saturated rings. The van der Waals surface area contributed by atoms with Crippen molar-refractivity contribution in [1.29, 1.82) is 0 Å². The Kier molecular flexibility index (Phi) is 3.36. The topological polar surface area (TPSA) is 21.6 Å².